The van der Waals surface area contributed by atoms with Gasteiger partial charge in [-0.05, 0) is 6.07 Å². The Morgan fingerprint density at radius 3 is 2.73 bits per heavy atom. The number of hydrogen-bond acceptors (Lipinski definition) is 5. The van der Waals surface area contributed by atoms with Crippen LogP contribution in [-0.4, -0.2) is 59.4 Å². The monoisotopic (exact) mass is 300 g/mol. The number of amides is 2. The zero-order chi connectivity index (χ0) is 15.7. The lowest BCUT2D eigenvalue weighted by Gasteiger charge is -2.39. The quantitative estimate of drug-likeness (QED) is 0.785. The van der Waals surface area contributed by atoms with Crippen molar-refractivity contribution in [3.63, 3.8) is 0 Å². The molecule has 1 aromatic heterocycles. The van der Waals surface area contributed by atoms with Crippen LogP contribution in [0.25, 0.3) is 0 Å². The lowest BCUT2D eigenvalue weighted by molar-refractivity contribution is -0.144. The molecule has 3 rings (SSSR count). The van der Waals surface area contributed by atoms with E-state index in [-0.39, 0.29) is 23.8 Å². The molecule has 7 nitrogen and oxygen atoms in total. The van der Waals surface area contributed by atoms with Gasteiger partial charge < -0.3 is 14.5 Å². The summed E-state index contributed by atoms with van der Waals surface area (Å²) < 4.78 is 5.64. The van der Waals surface area contributed by atoms with Gasteiger partial charge in [0.25, 0.3) is 0 Å². The molecule has 7 heteroatoms. The number of nitriles is 1. The van der Waals surface area contributed by atoms with E-state index in [0.717, 1.165) is 0 Å². The van der Waals surface area contributed by atoms with Gasteiger partial charge in [0.05, 0.1) is 24.6 Å². The molecule has 0 radical (unpaired) electrons. The van der Waals surface area contributed by atoms with Gasteiger partial charge in [0.15, 0.2) is 0 Å². The zero-order valence-electron chi connectivity index (χ0n) is 12.2. The van der Waals surface area contributed by atoms with E-state index in [1.807, 2.05) is 6.07 Å². The summed E-state index contributed by atoms with van der Waals surface area (Å²) in [6, 6.07) is 5.28. The van der Waals surface area contributed by atoms with Gasteiger partial charge in [0.2, 0.25) is 17.7 Å². The van der Waals surface area contributed by atoms with Gasteiger partial charge in [-0.1, -0.05) is 0 Å². The molecule has 114 valence electrons. The Balaban J connectivity index is 1.48. The Labute approximate surface area is 128 Å². The zero-order valence-corrected chi connectivity index (χ0v) is 12.2. The maximum atomic E-state index is 12.2. The van der Waals surface area contributed by atoms with Crippen LogP contribution >= 0.6 is 0 Å². The normalized spacial score (nSPS) is 21.5. The Morgan fingerprint density at radius 2 is 2.18 bits per heavy atom. The van der Waals surface area contributed by atoms with Crippen molar-refractivity contribution in [2.45, 2.75) is 12.5 Å². The number of nitrogens with zero attached hydrogens (tertiary/aromatic N) is 4. The van der Waals surface area contributed by atoms with E-state index in [1.54, 1.807) is 29.0 Å². The predicted molar refractivity (Wildman–Crippen MR) is 75.7 cm³/mol. The topological polar surface area (TPSA) is 86.5 Å². The Hall–Kier alpha value is -2.62. The molecular weight excluding hydrogens is 284 g/mol. The summed E-state index contributed by atoms with van der Waals surface area (Å²) in [4.78, 5) is 31.1. The molecule has 22 heavy (non-hydrogen) atoms. The summed E-state index contributed by atoms with van der Waals surface area (Å²) in [6.07, 6.45) is 1.67. The van der Waals surface area contributed by atoms with Gasteiger partial charge in [-0.25, -0.2) is 4.98 Å². The molecule has 1 aromatic rings. The average molecular weight is 300 g/mol. The molecule has 2 aliphatic rings. The van der Waals surface area contributed by atoms with Crippen LogP contribution in [0, 0.1) is 17.2 Å². The molecule has 0 aromatic carbocycles. The predicted octanol–water partition coefficient (Wildman–Crippen LogP) is 0.0212. The van der Waals surface area contributed by atoms with Crippen molar-refractivity contribution in [1.29, 1.82) is 5.26 Å². The van der Waals surface area contributed by atoms with Crippen molar-refractivity contribution in [3.05, 3.63) is 23.9 Å². The van der Waals surface area contributed by atoms with E-state index in [2.05, 4.69) is 4.98 Å². The van der Waals surface area contributed by atoms with Crippen LogP contribution in [0.1, 0.15) is 12.0 Å². The van der Waals surface area contributed by atoms with Crippen molar-refractivity contribution < 1.29 is 14.3 Å². The standard InChI is InChI=1S/C15H16N4O3/c1-18-7-11(4-14(18)20)15(21)19-8-12(9-19)22-13-3-2-10(5-16)6-17-13/h2-3,6,11-12H,4,7-9H2,1H3. The van der Waals surface area contributed by atoms with E-state index < -0.39 is 0 Å². The molecule has 2 aliphatic heterocycles. The molecule has 0 bridgehead atoms. The van der Waals surface area contributed by atoms with Crippen molar-refractivity contribution in [1.82, 2.24) is 14.8 Å². The molecule has 0 aliphatic carbocycles. The van der Waals surface area contributed by atoms with E-state index in [1.165, 1.54) is 6.20 Å². The van der Waals surface area contributed by atoms with Crippen molar-refractivity contribution in [3.8, 4) is 11.9 Å². The van der Waals surface area contributed by atoms with Gasteiger partial charge in [0.1, 0.15) is 12.2 Å². The third-order valence-electron chi connectivity index (χ3n) is 4.00. The number of ether oxygens (including phenoxy) is 1. The molecule has 3 heterocycles. The molecule has 0 saturated carbocycles. The van der Waals surface area contributed by atoms with Crippen LogP contribution in [-0.2, 0) is 9.59 Å². The second-order valence-electron chi connectivity index (χ2n) is 5.66. The number of hydrogen-bond donors (Lipinski definition) is 0. The van der Waals surface area contributed by atoms with Crippen LogP contribution in [0.4, 0.5) is 0 Å². The minimum absolute atomic E-state index is 0.0188. The van der Waals surface area contributed by atoms with Crippen LogP contribution in [0.2, 0.25) is 0 Å². The molecule has 0 N–H and O–H groups in total. The van der Waals surface area contributed by atoms with Gasteiger partial charge in [-0.15, -0.1) is 0 Å². The van der Waals surface area contributed by atoms with Crippen LogP contribution in [0.3, 0.4) is 0 Å². The van der Waals surface area contributed by atoms with Crippen molar-refractivity contribution >= 4 is 11.8 Å². The fourth-order valence-corrected chi connectivity index (χ4v) is 2.67. The summed E-state index contributed by atoms with van der Waals surface area (Å²) in [5.41, 5.74) is 0.479. The summed E-state index contributed by atoms with van der Waals surface area (Å²) in [5.74, 6) is 0.261. The van der Waals surface area contributed by atoms with Gasteiger partial charge in [-0.2, -0.15) is 5.26 Å². The number of rotatable bonds is 3. The largest absolute Gasteiger partial charge is 0.471 e. The highest BCUT2D eigenvalue weighted by Gasteiger charge is 2.40. The molecule has 2 fully saturated rings. The highest BCUT2D eigenvalue weighted by molar-refractivity contribution is 5.89. The fourth-order valence-electron chi connectivity index (χ4n) is 2.67. The van der Waals surface area contributed by atoms with Gasteiger partial charge >= 0.3 is 0 Å². The minimum atomic E-state index is -0.230. The van der Waals surface area contributed by atoms with Crippen LogP contribution in [0.15, 0.2) is 18.3 Å². The molecule has 1 atom stereocenters. The molecule has 2 saturated heterocycles. The number of likely N-dealkylation sites (tertiary alicyclic amines) is 2. The van der Waals surface area contributed by atoms with Gasteiger partial charge in [-0.3, -0.25) is 9.59 Å². The van der Waals surface area contributed by atoms with E-state index in [9.17, 15) is 9.59 Å². The van der Waals surface area contributed by atoms with Crippen LogP contribution in [0.5, 0.6) is 5.88 Å². The molecule has 2 amide bonds. The number of aromatic nitrogens is 1. The summed E-state index contributed by atoms with van der Waals surface area (Å²) in [7, 11) is 1.72. The second kappa shape index (κ2) is 5.64. The number of carbonyl (C=O) groups is 2. The number of carbonyl (C=O) groups excluding carboxylic acids is 2. The second-order valence-corrected chi connectivity index (χ2v) is 5.66. The first-order valence-corrected chi connectivity index (χ1v) is 7.12. The SMILES string of the molecule is CN1CC(C(=O)N2CC(Oc3ccc(C#N)cn3)C2)CC1=O. The van der Waals surface area contributed by atoms with E-state index in [4.69, 9.17) is 10.00 Å². The minimum Gasteiger partial charge on any atom is -0.471 e. The number of pyridine rings is 1. The lowest BCUT2D eigenvalue weighted by Crippen LogP contribution is -2.57. The first-order valence-electron chi connectivity index (χ1n) is 7.12. The van der Waals surface area contributed by atoms with Crippen molar-refractivity contribution in [2.75, 3.05) is 26.7 Å². The average Bonchev–Trinajstić information content (AvgIpc) is 2.82. The third-order valence-corrected chi connectivity index (χ3v) is 4.00. The highest BCUT2D eigenvalue weighted by Crippen LogP contribution is 2.23. The molecule has 0 spiro atoms. The molecule has 1 unspecified atom stereocenters. The van der Waals surface area contributed by atoms with E-state index in [0.29, 0.717) is 37.5 Å². The fraction of sp³-hybridized carbons (Fsp3) is 0.467. The Morgan fingerprint density at radius 1 is 1.41 bits per heavy atom. The lowest BCUT2D eigenvalue weighted by atomic mass is 10.0. The van der Waals surface area contributed by atoms with Crippen molar-refractivity contribution in [2.24, 2.45) is 5.92 Å². The third kappa shape index (κ3) is 2.72. The van der Waals surface area contributed by atoms with Crippen LogP contribution < -0.4 is 4.74 Å². The summed E-state index contributed by atoms with van der Waals surface area (Å²) in [6.45, 7) is 1.51. The van der Waals surface area contributed by atoms with E-state index >= 15 is 0 Å². The highest BCUT2D eigenvalue weighted by atomic mass is 16.5. The Bertz CT molecular complexity index is 631. The Kier molecular flexibility index (Phi) is 3.67. The maximum absolute atomic E-state index is 12.2. The first-order chi connectivity index (χ1) is 10.6. The summed E-state index contributed by atoms with van der Waals surface area (Å²) in [5, 5.41) is 8.70. The summed E-state index contributed by atoms with van der Waals surface area (Å²) >= 11 is 0. The van der Waals surface area contributed by atoms with Gasteiger partial charge in [0, 0.05) is 32.3 Å². The first kappa shape index (κ1) is 14.3. The smallest absolute Gasteiger partial charge is 0.228 e. The maximum Gasteiger partial charge on any atom is 0.228 e. The molecular formula is C15H16N4O3.